The molecule has 1 rings (SSSR count). The van der Waals surface area contributed by atoms with Gasteiger partial charge in [0.15, 0.2) is 0 Å². The Bertz CT molecular complexity index is 278. The van der Waals surface area contributed by atoms with Gasteiger partial charge in [0.25, 0.3) is 0 Å². The van der Waals surface area contributed by atoms with Crippen LogP contribution in [0.15, 0.2) is 11.9 Å². The third-order valence-electron chi connectivity index (χ3n) is 3.42. The number of unbranched alkanes of at least 4 members (excludes halogenated alkanes) is 8. The van der Waals surface area contributed by atoms with Crippen LogP contribution in [0.4, 0.5) is 0 Å². The Balaban J connectivity index is 1.86. The van der Waals surface area contributed by atoms with Crippen molar-refractivity contribution in [1.82, 2.24) is 0 Å². The number of rotatable bonds is 10. The first kappa shape index (κ1) is 15.3. The van der Waals surface area contributed by atoms with E-state index in [4.69, 9.17) is 0 Å². The lowest BCUT2D eigenvalue weighted by atomic mass is 10.1. The second kappa shape index (κ2) is 10.2. The van der Waals surface area contributed by atoms with Crippen molar-refractivity contribution in [3.05, 3.63) is 17.4 Å². The molecule has 0 aliphatic heterocycles. The van der Waals surface area contributed by atoms with Crippen molar-refractivity contribution in [3.63, 3.8) is 0 Å². The van der Waals surface area contributed by atoms with Crippen LogP contribution in [0.5, 0.6) is 0 Å². The Labute approximate surface area is 111 Å². The fraction of sp³-hybridized carbons (Fsp3) is 0.733. The zero-order valence-corrected chi connectivity index (χ0v) is 13.5. The monoisotopic (exact) mass is 270 g/mol. The molecule has 0 aliphatic carbocycles. The third-order valence-corrected chi connectivity index (χ3v) is 5.26. The zero-order chi connectivity index (χ0) is 12.3. The molecule has 98 valence electrons. The van der Waals surface area contributed by atoms with Crippen molar-refractivity contribution in [3.8, 4) is 0 Å². The van der Waals surface area contributed by atoms with E-state index in [9.17, 15) is 0 Å². The molecule has 0 fully saturated rings. The van der Waals surface area contributed by atoms with E-state index in [1.54, 1.807) is 10.6 Å². The Hall–Kier alpha value is 0.210. The lowest BCUT2D eigenvalue weighted by Gasteiger charge is -2.02. The summed E-state index contributed by atoms with van der Waals surface area (Å²) in [5.74, 6) is 2.31. The molecular formula is C15H28P2. The van der Waals surface area contributed by atoms with Gasteiger partial charge in [-0.2, -0.15) is 0 Å². The minimum Gasteiger partial charge on any atom is -0.132 e. The Morgan fingerprint density at radius 3 is 2.06 bits per heavy atom. The van der Waals surface area contributed by atoms with Crippen LogP contribution >= 0.6 is 17.4 Å². The highest BCUT2D eigenvalue weighted by Crippen LogP contribution is 2.16. The van der Waals surface area contributed by atoms with Gasteiger partial charge >= 0.3 is 0 Å². The minimum atomic E-state index is 0.937. The van der Waals surface area contributed by atoms with Gasteiger partial charge in [-0.1, -0.05) is 64.4 Å². The highest BCUT2D eigenvalue weighted by Gasteiger charge is 1.98. The summed E-state index contributed by atoms with van der Waals surface area (Å²) in [6.07, 6.45) is 14.2. The van der Waals surface area contributed by atoms with Crippen LogP contribution in [0, 0.1) is 0 Å². The quantitative estimate of drug-likeness (QED) is 0.400. The molecule has 2 unspecified atom stereocenters. The second-order valence-electron chi connectivity index (χ2n) is 5.00. The van der Waals surface area contributed by atoms with Gasteiger partial charge in [0.1, 0.15) is 0 Å². The van der Waals surface area contributed by atoms with E-state index in [0.29, 0.717) is 0 Å². The standard InChI is InChI=1S/C15H28P2/c1-2-3-4-5-6-7-8-9-10-11-14-12-13-17-15(14)16/h12-13,17H,2-11,16H2,1H3. The van der Waals surface area contributed by atoms with Crippen molar-refractivity contribution in [2.45, 2.75) is 71.1 Å². The van der Waals surface area contributed by atoms with E-state index in [1.165, 1.54) is 64.2 Å². The predicted octanol–water partition coefficient (Wildman–Crippen LogP) is 5.29. The van der Waals surface area contributed by atoms with Crippen LogP contribution in [0.25, 0.3) is 0 Å². The maximum Gasteiger partial charge on any atom is -0.0108 e. The molecule has 0 nitrogen and oxygen atoms in total. The average molecular weight is 270 g/mol. The topological polar surface area (TPSA) is 0 Å². The molecule has 1 aromatic heterocycles. The van der Waals surface area contributed by atoms with E-state index >= 15 is 0 Å². The first-order chi connectivity index (χ1) is 8.34. The Kier molecular flexibility index (Phi) is 9.13. The predicted molar refractivity (Wildman–Crippen MR) is 86.2 cm³/mol. The molecule has 0 amide bonds. The molecule has 0 bridgehead atoms. The van der Waals surface area contributed by atoms with Gasteiger partial charge in [0.05, 0.1) is 0 Å². The summed E-state index contributed by atoms with van der Waals surface area (Å²) in [6.45, 7) is 2.28. The highest BCUT2D eigenvalue weighted by molar-refractivity contribution is 7.51. The van der Waals surface area contributed by atoms with Crippen molar-refractivity contribution in [2.24, 2.45) is 0 Å². The lowest BCUT2D eigenvalue weighted by Crippen LogP contribution is -1.93. The highest BCUT2D eigenvalue weighted by atomic mass is 31.1. The molecule has 0 saturated heterocycles. The van der Waals surface area contributed by atoms with Gasteiger partial charge in [-0.15, -0.1) is 17.4 Å². The summed E-state index contributed by atoms with van der Waals surface area (Å²) in [6, 6.07) is 2.32. The molecule has 0 spiro atoms. The molecule has 17 heavy (non-hydrogen) atoms. The largest absolute Gasteiger partial charge is 0.132 e. The molecule has 1 aromatic rings. The average Bonchev–Trinajstić information content (AvgIpc) is 2.73. The number of aryl methyl sites for hydroxylation is 1. The normalized spacial score (nSPS) is 11.4. The van der Waals surface area contributed by atoms with Crippen molar-refractivity contribution in [1.29, 1.82) is 0 Å². The first-order valence-electron chi connectivity index (χ1n) is 7.26. The number of hydrogen-bond acceptors (Lipinski definition) is 0. The summed E-state index contributed by atoms with van der Waals surface area (Å²) in [4.78, 5) is 0. The van der Waals surface area contributed by atoms with Gasteiger partial charge in [0, 0.05) is 0 Å². The van der Waals surface area contributed by atoms with Crippen molar-refractivity contribution >= 4 is 22.5 Å². The van der Waals surface area contributed by atoms with Gasteiger partial charge < -0.3 is 0 Å². The molecule has 1 heterocycles. The third kappa shape index (κ3) is 7.28. The summed E-state index contributed by atoms with van der Waals surface area (Å²) >= 11 is 0. The summed E-state index contributed by atoms with van der Waals surface area (Å²) in [7, 11) is 3.83. The maximum absolute atomic E-state index is 2.90. The molecular weight excluding hydrogens is 242 g/mol. The van der Waals surface area contributed by atoms with Gasteiger partial charge in [0.2, 0.25) is 0 Å². The van der Waals surface area contributed by atoms with Crippen LogP contribution < -0.4 is 5.04 Å². The smallest absolute Gasteiger partial charge is 0.0108 e. The Morgan fingerprint density at radius 2 is 1.53 bits per heavy atom. The molecule has 2 heteroatoms. The molecule has 0 N–H and O–H groups in total. The SMILES string of the molecule is CCCCCCCCCCCc1cc[pH]c1P. The number of hydrogen-bond donors (Lipinski definition) is 0. The van der Waals surface area contributed by atoms with Gasteiger partial charge in [-0.25, -0.2) is 0 Å². The molecule has 0 aliphatic rings. The van der Waals surface area contributed by atoms with E-state index < -0.39 is 0 Å². The van der Waals surface area contributed by atoms with Crippen LogP contribution in [0.1, 0.15) is 70.3 Å². The molecule has 0 saturated carbocycles. The van der Waals surface area contributed by atoms with E-state index in [-0.39, 0.29) is 0 Å². The van der Waals surface area contributed by atoms with Crippen molar-refractivity contribution < 1.29 is 0 Å². The zero-order valence-electron chi connectivity index (χ0n) is 11.3. The summed E-state index contributed by atoms with van der Waals surface area (Å²) in [5.41, 5.74) is 1.59. The van der Waals surface area contributed by atoms with Crippen LogP contribution in [0.2, 0.25) is 0 Å². The minimum absolute atomic E-state index is 0.937. The van der Waals surface area contributed by atoms with Gasteiger partial charge in [-0.05, 0) is 29.2 Å². The summed E-state index contributed by atoms with van der Waals surface area (Å²) in [5, 5.41) is 1.55. The maximum atomic E-state index is 2.90. The first-order valence-corrected chi connectivity index (χ1v) is 8.91. The molecule has 0 radical (unpaired) electrons. The van der Waals surface area contributed by atoms with Crippen LogP contribution in [-0.2, 0) is 6.42 Å². The summed E-state index contributed by atoms with van der Waals surface area (Å²) < 4.78 is 0. The van der Waals surface area contributed by atoms with Crippen LogP contribution in [-0.4, -0.2) is 0 Å². The fourth-order valence-electron chi connectivity index (χ4n) is 2.26. The fourth-order valence-corrected chi connectivity index (χ4v) is 3.65. The van der Waals surface area contributed by atoms with Crippen molar-refractivity contribution in [2.75, 3.05) is 0 Å². The van der Waals surface area contributed by atoms with E-state index in [2.05, 4.69) is 28.0 Å². The van der Waals surface area contributed by atoms with Crippen LogP contribution in [0.3, 0.4) is 0 Å². The van der Waals surface area contributed by atoms with Gasteiger partial charge in [-0.3, -0.25) is 0 Å². The molecule has 2 atom stereocenters. The van der Waals surface area contributed by atoms with E-state index in [0.717, 1.165) is 8.19 Å². The molecule has 0 aromatic carbocycles. The Morgan fingerprint density at radius 1 is 0.941 bits per heavy atom. The lowest BCUT2D eigenvalue weighted by molar-refractivity contribution is 0.565. The second-order valence-corrected chi connectivity index (χ2v) is 7.31. The van der Waals surface area contributed by atoms with E-state index in [1.807, 2.05) is 0 Å².